The lowest BCUT2D eigenvalue weighted by molar-refractivity contribution is -0.141. The Kier molecular flexibility index (Phi) is 5.72. The number of furan rings is 1. The van der Waals surface area contributed by atoms with Crippen molar-refractivity contribution in [1.82, 2.24) is 4.31 Å². The van der Waals surface area contributed by atoms with Gasteiger partial charge in [-0.05, 0) is 42.0 Å². The molecule has 0 bridgehead atoms. The number of rotatable bonds is 5. The van der Waals surface area contributed by atoms with Crippen LogP contribution in [0.5, 0.6) is 5.75 Å². The van der Waals surface area contributed by atoms with Gasteiger partial charge in [0.1, 0.15) is 18.1 Å². The Morgan fingerprint density at radius 3 is 2.44 bits per heavy atom. The number of methoxy groups -OCH3 is 1. The molecule has 2 aromatic carbocycles. The molecule has 1 aliphatic heterocycles. The van der Waals surface area contributed by atoms with Gasteiger partial charge >= 0.3 is 5.97 Å². The number of anilines is 1. The number of carboxylic acid groups (broad SMARTS) is 1. The van der Waals surface area contributed by atoms with Crippen LogP contribution in [-0.4, -0.2) is 49.4 Å². The lowest BCUT2D eigenvalue weighted by Crippen LogP contribution is -2.50. The van der Waals surface area contributed by atoms with Crippen molar-refractivity contribution in [3.8, 4) is 5.75 Å². The molecule has 3 aromatic rings. The molecule has 166 valence electrons. The van der Waals surface area contributed by atoms with Gasteiger partial charge in [-0.15, -0.1) is 0 Å². The SMILES string of the molecule is COc1ccc(S(=O)(=O)N2Cc3ccccc3N(C(=O)c3ccoc3)CC2C(=O)O)cc1. The first-order valence-corrected chi connectivity index (χ1v) is 11.1. The molecule has 1 amide bonds. The van der Waals surface area contributed by atoms with E-state index in [1.807, 2.05) is 0 Å². The summed E-state index contributed by atoms with van der Waals surface area (Å²) in [5.41, 5.74) is 1.18. The molecule has 32 heavy (non-hydrogen) atoms. The predicted octanol–water partition coefficient (Wildman–Crippen LogP) is 2.59. The molecule has 1 unspecified atom stereocenters. The van der Waals surface area contributed by atoms with Gasteiger partial charge in [-0.2, -0.15) is 4.31 Å². The molecule has 0 aliphatic carbocycles. The average Bonchev–Trinajstić information content (AvgIpc) is 3.27. The van der Waals surface area contributed by atoms with Gasteiger partial charge in [0, 0.05) is 12.2 Å². The van der Waals surface area contributed by atoms with Crippen LogP contribution in [0, 0.1) is 0 Å². The zero-order valence-corrected chi connectivity index (χ0v) is 17.9. The van der Waals surface area contributed by atoms with Crippen molar-refractivity contribution in [3.63, 3.8) is 0 Å². The van der Waals surface area contributed by atoms with Gasteiger partial charge in [-0.1, -0.05) is 18.2 Å². The number of sulfonamides is 1. The van der Waals surface area contributed by atoms with Crippen LogP contribution in [0.3, 0.4) is 0 Å². The van der Waals surface area contributed by atoms with Crippen molar-refractivity contribution in [2.45, 2.75) is 17.5 Å². The van der Waals surface area contributed by atoms with Crippen molar-refractivity contribution in [2.75, 3.05) is 18.6 Å². The minimum absolute atomic E-state index is 0.0726. The third-order valence-corrected chi connectivity index (χ3v) is 7.15. The van der Waals surface area contributed by atoms with Gasteiger partial charge in [0.2, 0.25) is 10.0 Å². The Hall–Kier alpha value is -3.63. The number of hydrogen-bond acceptors (Lipinski definition) is 6. The van der Waals surface area contributed by atoms with Crippen molar-refractivity contribution in [3.05, 3.63) is 78.3 Å². The molecule has 0 saturated heterocycles. The minimum atomic E-state index is -4.21. The summed E-state index contributed by atoms with van der Waals surface area (Å²) in [5, 5.41) is 9.95. The van der Waals surface area contributed by atoms with E-state index in [9.17, 15) is 23.1 Å². The number of hydrogen-bond donors (Lipinski definition) is 1. The largest absolute Gasteiger partial charge is 0.497 e. The molecular weight excluding hydrogens is 436 g/mol. The smallest absolute Gasteiger partial charge is 0.323 e. The van der Waals surface area contributed by atoms with E-state index in [4.69, 9.17) is 9.15 Å². The Labute approximate surface area is 184 Å². The number of carbonyl (C=O) groups is 2. The Balaban J connectivity index is 1.81. The van der Waals surface area contributed by atoms with Crippen molar-refractivity contribution in [2.24, 2.45) is 0 Å². The third-order valence-electron chi connectivity index (χ3n) is 5.28. The summed E-state index contributed by atoms with van der Waals surface area (Å²) in [6.07, 6.45) is 2.60. The van der Waals surface area contributed by atoms with Crippen LogP contribution in [0.2, 0.25) is 0 Å². The lowest BCUT2D eigenvalue weighted by atomic mass is 10.1. The van der Waals surface area contributed by atoms with E-state index in [1.54, 1.807) is 24.3 Å². The molecule has 0 fully saturated rings. The summed E-state index contributed by atoms with van der Waals surface area (Å²) in [6, 6.07) is 12.4. The monoisotopic (exact) mass is 456 g/mol. The summed E-state index contributed by atoms with van der Waals surface area (Å²) < 4.78 is 37.9. The van der Waals surface area contributed by atoms with Crippen LogP contribution >= 0.6 is 0 Å². The molecule has 1 aromatic heterocycles. The average molecular weight is 456 g/mol. The third kappa shape index (κ3) is 3.85. The number of nitrogens with zero attached hydrogens (tertiary/aromatic N) is 2. The summed E-state index contributed by atoms with van der Waals surface area (Å²) in [7, 11) is -2.75. The number of amides is 1. The summed E-state index contributed by atoms with van der Waals surface area (Å²) >= 11 is 0. The zero-order chi connectivity index (χ0) is 22.9. The highest BCUT2D eigenvalue weighted by Crippen LogP contribution is 2.32. The van der Waals surface area contributed by atoms with E-state index in [0.717, 1.165) is 4.31 Å². The fourth-order valence-corrected chi connectivity index (χ4v) is 5.17. The molecule has 1 atom stereocenters. The molecule has 2 heterocycles. The number of ether oxygens (including phenoxy) is 1. The number of fused-ring (bicyclic) bond motifs is 1. The number of para-hydroxylation sites is 1. The molecule has 10 heteroatoms. The van der Waals surface area contributed by atoms with Crippen LogP contribution in [0.4, 0.5) is 5.69 Å². The zero-order valence-electron chi connectivity index (χ0n) is 17.0. The highest BCUT2D eigenvalue weighted by atomic mass is 32.2. The van der Waals surface area contributed by atoms with Crippen LogP contribution in [0.25, 0.3) is 0 Å². The first-order valence-electron chi connectivity index (χ1n) is 9.63. The van der Waals surface area contributed by atoms with E-state index in [2.05, 4.69) is 0 Å². The summed E-state index contributed by atoms with van der Waals surface area (Å²) in [5.74, 6) is -1.38. The minimum Gasteiger partial charge on any atom is -0.497 e. The lowest BCUT2D eigenvalue weighted by Gasteiger charge is -2.28. The molecule has 0 radical (unpaired) electrons. The van der Waals surface area contributed by atoms with Crippen LogP contribution < -0.4 is 9.64 Å². The second-order valence-corrected chi connectivity index (χ2v) is 9.03. The van der Waals surface area contributed by atoms with Gasteiger partial charge in [-0.25, -0.2) is 8.42 Å². The molecule has 1 aliphatic rings. The molecule has 9 nitrogen and oxygen atoms in total. The molecule has 0 spiro atoms. The quantitative estimate of drug-likeness (QED) is 0.627. The molecule has 1 N–H and O–H groups in total. The van der Waals surface area contributed by atoms with Gasteiger partial charge in [0.25, 0.3) is 5.91 Å². The number of carbonyl (C=O) groups excluding carboxylic acids is 1. The molecular formula is C22H20N2O7S. The van der Waals surface area contributed by atoms with Gasteiger partial charge < -0.3 is 19.2 Å². The highest BCUT2D eigenvalue weighted by Gasteiger charge is 2.41. The summed E-state index contributed by atoms with van der Waals surface area (Å²) in [4.78, 5) is 26.6. The Morgan fingerprint density at radius 2 is 1.81 bits per heavy atom. The normalized spacial score (nSPS) is 16.8. The van der Waals surface area contributed by atoms with Crippen molar-refractivity contribution < 1.29 is 32.3 Å². The topological polar surface area (TPSA) is 117 Å². The summed E-state index contributed by atoms with van der Waals surface area (Å²) in [6.45, 7) is -0.581. The van der Waals surface area contributed by atoms with Crippen molar-refractivity contribution in [1.29, 1.82) is 0 Å². The van der Waals surface area contributed by atoms with E-state index in [0.29, 0.717) is 17.0 Å². The van der Waals surface area contributed by atoms with E-state index >= 15 is 0 Å². The van der Waals surface area contributed by atoms with E-state index < -0.39 is 27.9 Å². The van der Waals surface area contributed by atoms with E-state index in [1.165, 1.54) is 54.9 Å². The second-order valence-electron chi connectivity index (χ2n) is 7.14. The molecule has 0 saturated carbocycles. The number of aliphatic carboxylic acids is 1. The Bertz CT molecular complexity index is 1240. The van der Waals surface area contributed by atoms with Gasteiger partial charge in [0.05, 0.1) is 30.4 Å². The second kappa shape index (κ2) is 8.48. The van der Waals surface area contributed by atoms with Crippen molar-refractivity contribution >= 4 is 27.6 Å². The molecule has 4 rings (SSSR count). The number of benzene rings is 2. The fourth-order valence-electron chi connectivity index (χ4n) is 3.62. The fraction of sp³-hybridized carbons (Fsp3) is 0.182. The van der Waals surface area contributed by atoms with Crippen LogP contribution in [0.15, 0.2) is 76.4 Å². The standard InChI is InChI=1S/C22H20N2O7S/c1-30-17-6-8-18(9-7-17)32(28,29)24-12-15-4-2-3-5-19(15)23(13-20(24)22(26)27)21(25)16-10-11-31-14-16/h2-11,14,20H,12-13H2,1H3,(H,26,27). The van der Waals surface area contributed by atoms with Crippen LogP contribution in [0.1, 0.15) is 15.9 Å². The number of carboxylic acids is 1. The Morgan fingerprint density at radius 1 is 1.09 bits per heavy atom. The maximum atomic E-state index is 13.5. The first-order chi connectivity index (χ1) is 15.3. The maximum absolute atomic E-state index is 13.5. The maximum Gasteiger partial charge on any atom is 0.323 e. The van der Waals surface area contributed by atoms with E-state index in [-0.39, 0.29) is 23.5 Å². The van der Waals surface area contributed by atoms with Crippen LogP contribution in [-0.2, 0) is 21.4 Å². The first kappa shape index (κ1) is 21.6. The highest BCUT2D eigenvalue weighted by molar-refractivity contribution is 7.89. The predicted molar refractivity (Wildman–Crippen MR) is 114 cm³/mol. The van der Waals surface area contributed by atoms with Gasteiger partial charge in [0.15, 0.2) is 0 Å². The van der Waals surface area contributed by atoms with Gasteiger partial charge in [-0.3, -0.25) is 9.59 Å².